The van der Waals surface area contributed by atoms with Gasteiger partial charge in [-0.15, -0.1) is 11.3 Å². The molecular formula is C16H23BrN4O5S. The normalized spacial score (nSPS) is 18.7. The summed E-state index contributed by atoms with van der Waals surface area (Å²) in [5.74, 6) is -1.45. The second-order valence-electron chi connectivity index (χ2n) is 7.12. The second-order valence-corrected chi connectivity index (χ2v) is 8.87. The van der Waals surface area contributed by atoms with Crippen LogP contribution in [0.3, 0.4) is 0 Å². The Morgan fingerprint density at radius 2 is 2.22 bits per heavy atom. The van der Waals surface area contributed by atoms with Crippen LogP contribution in [0.25, 0.3) is 0 Å². The van der Waals surface area contributed by atoms with Crippen LogP contribution in [0.5, 0.6) is 0 Å². The zero-order chi connectivity index (χ0) is 20.2. The number of hydrogen-bond acceptors (Lipinski definition) is 7. The fraction of sp³-hybridized carbons (Fsp3) is 0.625. The monoisotopic (exact) mass is 462 g/mol. The van der Waals surface area contributed by atoms with Gasteiger partial charge in [0.05, 0.1) is 5.01 Å². The highest BCUT2D eigenvalue weighted by atomic mass is 79.9. The summed E-state index contributed by atoms with van der Waals surface area (Å²) in [5.41, 5.74) is 2.00. The first kappa shape index (κ1) is 21.6. The highest BCUT2D eigenvalue weighted by Gasteiger charge is 2.33. The maximum absolute atomic E-state index is 12.9. The summed E-state index contributed by atoms with van der Waals surface area (Å²) >= 11 is 4.62. The van der Waals surface area contributed by atoms with Gasteiger partial charge in [-0.05, 0) is 49.5 Å². The zero-order valence-electron chi connectivity index (χ0n) is 15.3. The maximum Gasteiger partial charge on any atom is 0.408 e. The number of rotatable bonds is 5. The third-order valence-corrected chi connectivity index (χ3v) is 5.22. The van der Waals surface area contributed by atoms with Crippen molar-refractivity contribution >= 4 is 45.2 Å². The number of alkyl carbamates (subject to hydrolysis) is 1. The average molecular weight is 463 g/mol. The average Bonchev–Trinajstić information content (AvgIpc) is 2.97. The van der Waals surface area contributed by atoms with E-state index in [1.54, 1.807) is 26.2 Å². The second kappa shape index (κ2) is 8.98. The summed E-state index contributed by atoms with van der Waals surface area (Å²) < 4.78 is 5.89. The van der Waals surface area contributed by atoms with E-state index in [1.807, 2.05) is 0 Å². The van der Waals surface area contributed by atoms with Crippen molar-refractivity contribution in [3.63, 3.8) is 0 Å². The van der Waals surface area contributed by atoms with E-state index in [2.05, 4.69) is 31.7 Å². The standard InChI is InChI=1S/C16H23BrN4O5S/c1-16(2,3)26-15(25)18-10(7-12-19-11(17)8-27-12)13(22)21-6-4-5-9(20-21)14(23)24/h8-10,20H,4-7H2,1-3H3,(H,18,25)(H,23,24)/t9-,10-/m0/s1. The molecule has 1 aliphatic rings. The maximum atomic E-state index is 12.9. The number of aromatic nitrogens is 1. The molecule has 1 aromatic heterocycles. The number of hydrogen-bond donors (Lipinski definition) is 3. The molecular weight excluding hydrogens is 440 g/mol. The van der Waals surface area contributed by atoms with E-state index in [1.165, 1.54) is 16.3 Å². The molecule has 0 unspecified atom stereocenters. The van der Waals surface area contributed by atoms with Crippen molar-refractivity contribution in [1.82, 2.24) is 20.7 Å². The summed E-state index contributed by atoms with van der Waals surface area (Å²) in [5, 5.41) is 15.5. The van der Waals surface area contributed by atoms with Gasteiger partial charge in [0.2, 0.25) is 0 Å². The minimum Gasteiger partial charge on any atom is -0.480 e. The Morgan fingerprint density at radius 3 is 2.78 bits per heavy atom. The van der Waals surface area contributed by atoms with Gasteiger partial charge < -0.3 is 15.2 Å². The Balaban J connectivity index is 2.13. The van der Waals surface area contributed by atoms with E-state index in [4.69, 9.17) is 4.74 Å². The molecule has 2 amide bonds. The zero-order valence-corrected chi connectivity index (χ0v) is 17.7. The third-order valence-electron chi connectivity index (χ3n) is 3.64. The van der Waals surface area contributed by atoms with Crippen LogP contribution in [0.1, 0.15) is 38.6 Å². The SMILES string of the molecule is CC(C)(C)OC(=O)N[C@@H](Cc1nc(Br)cs1)C(=O)N1CCC[C@@H](C(=O)O)N1. The molecule has 0 bridgehead atoms. The number of thiazole rings is 1. The summed E-state index contributed by atoms with van der Waals surface area (Å²) in [6, 6.07) is -1.77. The summed E-state index contributed by atoms with van der Waals surface area (Å²) in [4.78, 5) is 40.6. The number of aliphatic carboxylic acids is 1. The Morgan fingerprint density at radius 1 is 1.52 bits per heavy atom. The predicted molar refractivity (Wildman–Crippen MR) is 102 cm³/mol. The van der Waals surface area contributed by atoms with Gasteiger partial charge in [0, 0.05) is 18.3 Å². The van der Waals surface area contributed by atoms with Gasteiger partial charge in [-0.25, -0.2) is 15.2 Å². The number of nitrogens with one attached hydrogen (secondary N) is 2. The molecule has 2 rings (SSSR count). The third kappa shape index (κ3) is 6.74. The molecule has 2 heterocycles. The fourth-order valence-electron chi connectivity index (χ4n) is 2.52. The first-order valence-electron chi connectivity index (χ1n) is 8.45. The quantitative estimate of drug-likeness (QED) is 0.610. The smallest absolute Gasteiger partial charge is 0.408 e. The molecule has 1 aromatic rings. The van der Waals surface area contributed by atoms with Crippen molar-refractivity contribution in [1.29, 1.82) is 0 Å². The van der Waals surface area contributed by atoms with E-state index in [0.29, 0.717) is 29.0 Å². The first-order valence-corrected chi connectivity index (χ1v) is 10.1. The minimum atomic E-state index is -1.02. The van der Waals surface area contributed by atoms with Crippen LogP contribution in [0.2, 0.25) is 0 Å². The van der Waals surface area contributed by atoms with Crippen molar-refractivity contribution in [3.05, 3.63) is 15.0 Å². The summed E-state index contributed by atoms with van der Waals surface area (Å²) in [7, 11) is 0. The molecule has 9 nitrogen and oxygen atoms in total. The van der Waals surface area contributed by atoms with Crippen LogP contribution in [-0.4, -0.2) is 57.3 Å². The van der Waals surface area contributed by atoms with Crippen molar-refractivity contribution in [2.75, 3.05) is 6.54 Å². The molecule has 1 saturated heterocycles. The number of carboxylic acid groups (broad SMARTS) is 1. The number of nitrogens with zero attached hydrogens (tertiary/aromatic N) is 2. The predicted octanol–water partition coefficient (Wildman–Crippen LogP) is 1.92. The van der Waals surface area contributed by atoms with Crippen LogP contribution in [0.4, 0.5) is 4.79 Å². The lowest BCUT2D eigenvalue weighted by atomic mass is 10.1. The van der Waals surface area contributed by atoms with Gasteiger partial charge in [-0.1, -0.05) is 0 Å². The number of carbonyl (C=O) groups excluding carboxylic acids is 2. The molecule has 11 heteroatoms. The van der Waals surface area contributed by atoms with Crippen molar-refractivity contribution < 1.29 is 24.2 Å². The van der Waals surface area contributed by atoms with E-state index < -0.39 is 35.7 Å². The lowest BCUT2D eigenvalue weighted by Crippen LogP contribution is -2.60. The molecule has 0 aliphatic carbocycles. The minimum absolute atomic E-state index is 0.171. The number of ether oxygens (including phenoxy) is 1. The topological polar surface area (TPSA) is 121 Å². The van der Waals surface area contributed by atoms with Crippen molar-refractivity contribution in [2.24, 2.45) is 0 Å². The van der Waals surface area contributed by atoms with Gasteiger partial charge in [0.15, 0.2) is 0 Å². The summed E-state index contributed by atoms with van der Waals surface area (Å²) in [6.45, 7) is 5.54. The number of hydrazine groups is 1. The van der Waals surface area contributed by atoms with E-state index in [9.17, 15) is 19.5 Å². The fourth-order valence-corrected chi connectivity index (χ4v) is 3.83. The Hall–Kier alpha value is -1.72. The molecule has 1 aliphatic heterocycles. The Bertz CT molecular complexity index is 705. The molecule has 0 spiro atoms. The Kier molecular flexibility index (Phi) is 7.18. The largest absolute Gasteiger partial charge is 0.480 e. The molecule has 3 N–H and O–H groups in total. The molecule has 1 fully saturated rings. The molecule has 2 atom stereocenters. The van der Waals surface area contributed by atoms with Crippen LogP contribution in [0.15, 0.2) is 9.98 Å². The molecule has 0 saturated carbocycles. The number of carbonyl (C=O) groups is 3. The molecule has 27 heavy (non-hydrogen) atoms. The number of carboxylic acids is 1. The molecule has 0 radical (unpaired) electrons. The van der Waals surface area contributed by atoms with Crippen LogP contribution in [0, 0.1) is 0 Å². The van der Waals surface area contributed by atoms with E-state index >= 15 is 0 Å². The van der Waals surface area contributed by atoms with Crippen LogP contribution in [-0.2, 0) is 20.7 Å². The molecule has 150 valence electrons. The Labute approximate surface area is 169 Å². The van der Waals surface area contributed by atoms with Gasteiger partial charge in [0.1, 0.15) is 22.3 Å². The molecule has 0 aromatic carbocycles. The van der Waals surface area contributed by atoms with E-state index in [-0.39, 0.29) is 6.42 Å². The lowest BCUT2D eigenvalue weighted by molar-refractivity contribution is -0.147. The lowest BCUT2D eigenvalue weighted by Gasteiger charge is -2.34. The highest BCUT2D eigenvalue weighted by molar-refractivity contribution is 9.10. The number of halogens is 1. The van der Waals surface area contributed by atoms with Gasteiger partial charge in [0.25, 0.3) is 5.91 Å². The van der Waals surface area contributed by atoms with Crippen molar-refractivity contribution in [2.45, 2.75) is 57.7 Å². The first-order chi connectivity index (χ1) is 12.5. The number of amides is 2. The van der Waals surface area contributed by atoms with Gasteiger partial charge in [-0.2, -0.15) is 0 Å². The van der Waals surface area contributed by atoms with E-state index in [0.717, 1.165) is 0 Å². The van der Waals surface area contributed by atoms with Crippen molar-refractivity contribution in [3.8, 4) is 0 Å². The van der Waals surface area contributed by atoms with Gasteiger partial charge >= 0.3 is 12.1 Å². The highest BCUT2D eigenvalue weighted by Crippen LogP contribution is 2.18. The van der Waals surface area contributed by atoms with Crippen LogP contribution < -0.4 is 10.7 Å². The van der Waals surface area contributed by atoms with Gasteiger partial charge in [-0.3, -0.25) is 14.6 Å². The summed E-state index contributed by atoms with van der Waals surface area (Å²) in [6.07, 6.45) is 0.438. The van der Waals surface area contributed by atoms with Crippen LogP contribution >= 0.6 is 27.3 Å².